The Morgan fingerprint density at radius 1 is 1.20 bits per heavy atom. The highest BCUT2D eigenvalue weighted by molar-refractivity contribution is 7.09. The summed E-state index contributed by atoms with van der Waals surface area (Å²) in [5.41, 5.74) is 0.988. The summed E-state index contributed by atoms with van der Waals surface area (Å²) in [5, 5.41) is 35.3. The number of rotatable bonds is 2. The fraction of sp³-hybridized carbons (Fsp3) is 0.667. The molecule has 2 heterocycles. The Bertz CT molecular complexity index is 949. The molecule has 0 saturated carbocycles. The molecule has 1 aromatic rings. The molecular weight excluding hydrogens is 466 g/mol. The molecule has 1 aromatic heterocycles. The zero-order valence-electron chi connectivity index (χ0n) is 21.9. The van der Waals surface area contributed by atoms with Crippen molar-refractivity contribution in [3.05, 3.63) is 33.3 Å². The van der Waals surface area contributed by atoms with Gasteiger partial charge in [0.1, 0.15) is 11.9 Å². The molecule has 35 heavy (non-hydrogen) atoms. The topological polar surface area (TPSA) is 117 Å². The van der Waals surface area contributed by atoms with E-state index in [-0.39, 0.29) is 24.5 Å². The van der Waals surface area contributed by atoms with Gasteiger partial charge in [0.05, 0.1) is 40.8 Å². The summed E-state index contributed by atoms with van der Waals surface area (Å²) in [5.74, 6) is -1.81. The zero-order chi connectivity index (χ0) is 26.5. The number of aliphatic hydroxyl groups is 3. The number of Topliss-reactive ketones (excluding diaryl/α,β-unsaturated/α-hetero) is 1. The molecule has 0 unspecified atom stereocenters. The van der Waals surface area contributed by atoms with Crippen molar-refractivity contribution < 1.29 is 29.6 Å². The van der Waals surface area contributed by atoms with Gasteiger partial charge in [0.25, 0.3) is 0 Å². The van der Waals surface area contributed by atoms with E-state index >= 15 is 0 Å². The van der Waals surface area contributed by atoms with Crippen LogP contribution in [0.5, 0.6) is 0 Å². The van der Waals surface area contributed by atoms with Gasteiger partial charge in [0.15, 0.2) is 0 Å². The van der Waals surface area contributed by atoms with E-state index in [0.717, 1.165) is 21.8 Å². The Kier molecular flexibility index (Phi) is 10.4. The van der Waals surface area contributed by atoms with Crippen LogP contribution in [-0.4, -0.2) is 56.5 Å². The summed E-state index contributed by atoms with van der Waals surface area (Å²) >= 11 is 1.52. The largest absolute Gasteiger partial charge is 0.458 e. The first-order chi connectivity index (χ1) is 16.2. The quantitative estimate of drug-likeness (QED) is 0.405. The number of esters is 1. The number of hydrogen-bond donors (Lipinski definition) is 3. The fourth-order valence-electron chi connectivity index (χ4n) is 4.39. The molecule has 0 fully saturated rings. The molecule has 0 saturated heterocycles. The maximum atomic E-state index is 13.2. The SMILES string of the molecule is C/C1=C/CC[C@H](C)[C@H](O)[C@@H](C)C(=O)C(C)(C)[C@@H](O)CC(=O)O[C@H](/C(C)=C/c2csc(C)n2)C[C@@H]1O. The van der Waals surface area contributed by atoms with E-state index in [2.05, 4.69) is 4.98 Å². The van der Waals surface area contributed by atoms with Crippen LogP contribution in [0.15, 0.2) is 22.6 Å². The number of ether oxygens (including phenoxy) is 1. The third-order valence-electron chi connectivity index (χ3n) is 7.18. The number of aliphatic hydroxyl groups excluding tert-OH is 3. The maximum absolute atomic E-state index is 13.2. The lowest BCUT2D eigenvalue weighted by Gasteiger charge is -2.34. The van der Waals surface area contributed by atoms with Gasteiger partial charge < -0.3 is 20.1 Å². The molecule has 0 bridgehead atoms. The molecule has 8 heteroatoms. The highest BCUT2D eigenvalue weighted by Gasteiger charge is 2.42. The summed E-state index contributed by atoms with van der Waals surface area (Å²) in [7, 11) is 0. The predicted molar refractivity (Wildman–Crippen MR) is 138 cm³/mol. The van der Waals surface area contributed by atoms with Gasteiger partial charge in [0, 0.05) is 17.7 Å². The summed E-state index contributed by atoms with van der Waals surface area (Å²) < 4.78 is 5.74. The number of ketones is 1. The van der Waals surface area contributed by atoms with Crippen molar-refractivity contribution in [1.29, 1.82) is 0 Å². The van der Waals surface area contributed by atoms with Gasteiger partial charge in [-0.2, -0.15) is 0 Å². The molecule has 1 aliphatic rings. The van der Waals surface area contributed by atoms with Crippen LogP contribution in [0.4, 0.5) is 0 Å². The molecule has 2 rings (SSSR count). The molecule has 196 valence electrons. The molecule has 6 atom stereocenters. The van der Waals surface area contributed by atoms with Crippen molar-refractivity contribution in [2.24, 2.45) is 17.3 Å². The normalized spacial score (nSPS) is 33.7. The van der Waals surface area contributed by atoms with Gasteiger partial charge in [0.2, 0.25) is 0 Å². The van der Waals surface area contributed by atoms with Gasteiger partial charge in [-0.25, -0.2) is 4.98 Å². The van der Waals surface area contributed by atoms with Crippen LogP contribution < -0.4 is 0 Å². The Morgan fingerprint density at radius 2 is 1.86 bits per heavy atom. The number of carbonyl (C=O) groups excluding carboxylic acids is 2. The van der Waals surface area contributed by atoms with E-state index in [0.29, 0.717) is 12.8 Å². The Balaban J connectivity index is 2.38. The second-order valence-electron chi connectivity index (χ2n) is 10.5. The molecule has 1 aliphatic heterocycles. The number of allylic oxidation sites excluding steroid dienone is 1. The Hall–Kier alpha value is -1.87. The van der Waals surface area contributed by atoms with Crippen LogP contribution in [0.2, 0.25) is 0 Å². The van der Waals surface area contributed by atoms with Gasteiger partial charge >= 0.3 is 5.97 Å². The van der Waals surface area contributed by atoms with Crippen molar-refractivity contribution in [3.8, 4) is 0 Å². The van der Waals surface area contributed by atoms with Crippen molar-refractivity contribution in [1.82, 2.24) is 4.98 Å². The summed E-state index contributed by atoms with van der Waals surface area (Å²) in [6.45, 7) is 12.3. The highest BCUT2D eigenvalue weighted by Crippen LogP contribution is 2.32. The number of cyclic esters (lactones) is 1. The molecule has 0 amide bonds. The van der Waals surface area contributed by atoms with E-state index < -0.39 is 41.7 Å². The third kappa shape index (κ3) is 7.81. The van der Waals surface area contributed by atoms with E-state index in [1.165, 1.54) is 11.3 Å². The number of aromatic nitrogens is 1. The Labute approximate surface area is 212 Å². The van der Waals surface area contributed by atoms with E-state index in [4.69, 9.17) is 4.74 Å². The smallest absolute Gasteiger partial charge is 0.309 e. The molecule has 0 aromatic carbocycles. The van der Waals surface area contributed by atoms with Crippen molar-refractivity contribution in [2.45, 2.75) is 98.6 Å². The zero-order valence-corrected chi connectivity index (χ0v) is 22.8. The van der Waals surface area contributed by atoms with Crippen LogP contribution in [0.25, 0.3) is 6.08 Å². The van der Waals surface area contributed by atoms with E-state index in [1.54, 1.807) is 20.8 Å². The first-order valence-electron chi connectivity index (χ1n) is 12.3. The van der Waals surface area contributed by atoms with Gasteiger partial charge in [-0.1, -0.05) is 33.8 Å². The van der Waals surface area contributed by atoms with Gasteiger partial charge in [-0.15, -0.1) is 11.3 Å². The molecule has 0 radical (unpaired) electrons. The first-order valence-corrected chi connectivity index (χ1v) is 13.2. The first kappa shape index (κ1) is 29.4. The van der Waals surface area contributed by atoms with Crippen molar-refractivity contribution in [2.75, 3.05) is 0 Å². The third-order valence-corrected chi connectivity index (χ3v) is 7.97. The standard InChI is InChI=1S/C27H41NO6S/c1-15-9-8-10-16(2)25(32)18(4)26(33)27(6,7)23(30)13-24(31)34-22(12-21(15)29)17(3)11-20-14-35-19(5)28-20/h9,11,14,16,18,21-23,25,29-30,32H,8,10,12-13H2,1-7H3/b15-9-,17-11+/t16-,18+,21-,22-,23-,25-/m0/s1. The van der Waals surface area contributed by atoms with E-state index in [1.807, 2.05) is 45.2 Å². The monoisotopic (exact) mass is 507 g/mol. The molecule has 0 aliphatic carbocycles. The number of thiazole rings is 1. The summed E-state index contributed by atoms with van der Waals surface area (Å²) in [4.78, 5) is 30.5. The van der Waals surface area contributed by atoms with Crippen LogP contribution in [0, 0.1) is 24.2 Å². The molecule has 0 spiro atoms. The fourth-order valence-corrected chi connectivity index (χ4v) is 4.96. The molecule has 3 N–H and O–H groups in total. The lowest BCUT2D eigenvalue weighted by atomic mass is 9.73. The summed E-state index contributed by atoms with van der Waals surface area (Å²) in [6.07, 6.45) is 1.12. The Morgan fingerprint density at radius 3 is 2.46 bits per heavy atom. The highest BCUT2D eigenvalue weighted by atomic mass is 32.1. The van der Waals surface area contributed by atoms with Crippen LogP contribution in [0.3, 0.4) is 0 Å². The number of nitrogens with zero attached hydrogens (tertiary/aromatic N) is 1. The maximum Gasteiger partial charge on any atom is 0.309 e. The minimum absolute atomic E-state index is 0.152. The second-order valence-corrected chi connectivity index (χ2v) is 11.6. The second kappa shape index (κ2) is 12.4. The van der Waals surface area contributed by atoms with Crippen LogP contribution in [-0.2, 0) is 14.3 Å². The van der Waals surface area contributed by atoms with E-state index in [9.17, 15) is 24.9 Å². The number of hydrogen-bond acceptors (Lipinski definition) is 8. The number of aryl methyl sites for hydroxylation is 1. The average molecular weight is 508 g/mol. The minimum Gasteiger partial charge on any atom is -0.458 e. The summed E-state index contributed by atoms with van der Waals surface area (Å²) in [6, 6.07) is 0. The predicted octanol–water partition coefficient (Wildman–Crippen LogP) is 4.24. The number of carbonyl (C=O) groups is 2. The van der Waals surface area contributed by atoms with Crippen LogP contribution in [0.1, 0.15) is 77.9 Å². The minimum atomic E-state index is -1.28. The lowest BCUT2D eigenvalue weighted by Crippen LogP contribution is -2.45. The van der Waals surface area contributed by atoms with Crippen molar-refractivity contribution in [3.63, 3.8) is 0 Å². The molecule has 7 nitrogen and oxygen atoms in total. The van der Waals surface area contributed by atoms with Gasteiger partial charge in [-0.3, -0.25) is 9.59 Å². The average Bonchev–Trinajstić information content (AvgIpc) is 3.20. The van der Waals surface area contributed by atoms with Crippen molar-refractivity contribution >= 4 is 29.2 Å². The van der Waals surface area contributed by atoms with Crippen LogP contribution >= 0.6 is 11.3 Å². The van der Waals surface area contributed by atoms with Gasteiger partial charge in [-0.05, 0) is 56.8 Å². The lowest BCUT2D eigenvalue weighted by molar-refractivity contribution is -0.155. The molecular formula is C27H41NO6S.